The fourth-order valence-electron chi connectivity index (χ4n) is 0.495. The molecule has 0 spiro atoms. The number of hydrogen-bond acceptors (Lipinski definition) is 2. The third-order valence-electron chi connectivity index (χ3n) is 0.749. The standard InChI is InChI=1S/C7H14NO2/c1-7(2,3)10-6(9)4-5-8/h8H,4-5H2,1-3H3. The molecule has 0 aromatic rings. The van der Waals surface area contributed by atoms with Crippen LogP contribution in [0.1, 0.15) is 27.2 Å². The van der Waals surface area contributed by atoms with E-state index >= 15 is 0 Å². The van der Waals surface area contributed by atoms with Crippen LogP contribution in [0.3, 0.4) is 0 Å². The van der Waals surface area contributed by atoms with E-state index in [-0.39, 0.29) is 18.9 Å². The normalized spacial score (nSPS) is 11.2. The van der Waals surface area contributed by atoms with Gasteiger partial charge >= 0.3 is 5.97 Å². The Morgan fingerprint density at radius 3 is 2.30 bits per heavy atom. The molecule has 1 radical (unpaired) electrons. The van der Waals surface area contributed by atoms with Gasteiger partial charge in [-0.2, -0.15) is 0 Å². The maximum absolute atomic E-state index is 10.7. The van der Waals surface area contributed by atoms with E-state index in [1.54, 1.807) is 0 Å². The zero-order valence-electron chi connectivity index (χ0n) is 6.73. The van der Waals surface area contributed by atoms with Gasteiger partial charge < -0.3 is 4.74 Å². The Morgan fingerprint density at radius 1 is 1.50 bits per heavy atom. The molecule has 0 aromatic heterocycles. The Labute approximate surface area is 61.5 Å². The first-order valence-corrected chi connectivity index (χ1v) is 3.32. The first-order chi connectivity index (χ1) is 4.45. The second-order valence-electron chi connectivity index (χ2n) is 3.09. The third kappa shape index (κ3) is 5.56. The first-order valence-electron chi connectivity index (χ1n) is 3.32. The summed E-state index contributed by atoms with van der Waals surface area (Å²) in [5, 5.41) is 0. The summed E-state index contributed by atoms with van der Waals surface area (Å²) in [5.41, 5.74) is 6.33. The van der Waals surface area contributed by atoms with Crippen molar-refractivity contribution in [2.24, 2.45) is 0 Å². The summed E-state index contributed by atoms with van der Waals surface area (Å²) in [4.78, 5) is 10.7. The molecule has 3 nitrogen and oxygen atoms in total. The Balaban J connectivity index is 3.58. The van der Waals surface area contributed by atoms with Crippen molar-refractivity contribution in [3.8, 4) is 0 Å². The molecular weight excluding hydrogens is 130 g/mol. The maximum Gasteiger partial charge on any atom is 0.307 e. The molecule has 0 saturated carbocycles. The summed E-state index contributed by atoms with van der Waals surface area (Å²) in [6.07, 6.45) is 0.192. The number of hydrogen-bond donors (Lipinski definition) is 0. The van der Waals surface area contributed by atoms with Crippen LogP contribution in [0, 0.1) is 0 Å². The minimum Gasteiger partial charge on any atom is -0.460 e. The van der Waals surface area contributed by atoms with Crippen molar-refractivity contribution in [1.82, 2.24) is 5.73 Å². The maximum atomic E-state index is 10.7. The number of carbonyl (C=O) groups is 1. The minimum absolute atomic E-state index is 0.106. The fourth-order valence-corrected chi connectivity index (χ4v) is 0.495. The first kappa shape index (κ1) is 9.43. The van der Waals surface area contributed by atoms with Gasteiger partial charge in [0.1, 0.15) is 5.60 Å². The van der Waals surface area contributed by atoms with Crippen LogP contribution in [0.2, 0.25) is 0 Å². The Bertz CT molecular complexity index is 115. The predicted octanol–water partition coefficient (Wildman–Crippen LogP) is 1.00. The van der Waals surface area contributed by atoms with Gasteiger partial charge in [0.15, 0.2) is 0 Å². The number of nitrogens with one attached hydrogen (secondary N) is 1. The van der Waals surface area contributed by atoms with Crippen molar-refractivity contribution < 1.29 is 9.53 Å². The molecule has 0 unspecified atom stereocenters. The summed E-state index contributed by atoms with van der Waals surface area (Å²) in [7, 11) is 0. The molecule has 0 bridgehead atoms. The Kier molecular flexibility index (Phi) is 3.36. The van der Waals surface area contributed by atoms with Crippen LogP contribution < -0.4 is 5.73 Å². The van der Waals surface area contributed by atoms with E-state index < -0.39 is 5.60 Å². The Morgan fingerprint density at radius 2 is 2.00 bits per heavy atom. The van der Waals surface area contributed by atoms with E-state index in [9.17, 15) is 4.79 Å². The highest BCUT2D eigenvalue weighted by Gasteiger charge is 2.14. The van der Waals surface area contributed by atoms with E-state index in [0.717, 1.165) is 0 Å². The van der Waals surface area contributed by atoms with Crippen molar-refractivity contribution in [1.29, 1.82) is 0 Å². The largest absolute Gasteiger partial charge is 0.460 e. The molecule has 0 amide bonds. The lowest BCUT2D eigenvalue weighted by atomic mass is 10.2. The lowest BCUT2D eigenvalue weighted by Gasteiger charge is -2.18. The van der Waals surface area contributed by atoms with Gasteiger partial charge in [-0.1, -0.05) is 0 Å². The summed E-state index contributed by atoms with van der Waals surface area (Å²) in [6.45, 7) is 5.55. The molecule has 59 valence electrons. The molecule has 1 N–H and O–H groups in total. The molecule has 0 aromatic carbocycles. The second kappa shape index (κ2) is 3.56. The highest BCUT2D eigenvalue weighted by Crippen LogP contribution is 2.07. The average molecular weight is 144 g/mol. The van der Waals surface area contributed by atoms with Crippen LogP contribution in [0.5, 0.6) is 0 Å². The molecule has 0 aliphatic rings. The molecule has 0 fully saturated rings. The zero-order valence-corrected chi connectivity index (χ0v) is 6.73. The van der Waals surface area contributed by atoms with Gasteiger partial charge in [0.25, 0.3) is 0 Å². The minimum atomic E-state index is -0.410. The van der Waals surface area contributed by atoms with Crippen LogP contribution in [0.25, 0.3) is 0 Å². The summed E-state index contributed by atoms with van der Waals surface area (Å²) in [5.74, 6) is -0.289. The predicted molar refractivity (Wildman–Crippen MR) is 38.4 cm³/mol. The number of carbonyl (C=O) groups excluding carboxylic acids is 1. The topological polar surface area (TPSA) is 50.1 Å². The monoisotopic (exact) mass is 144 g/mol. The van der Waals surface area contributed by atoms with Crippen LogP contribution in [-0.2, 0) is 9.53 Å². The quantitative estimate of drug-likeness (QED) is 0.543. The SMILES string of the molecule is CC(C)(C)OC(=O)CC[NH]. The lowest BCUT2D eigenvalue weighted by Crippen LogP contribution is -2.24. The number of ether oxygens (including phenoxy) is 1. The lowest BCUT2D eigenvalue weighted by molar-refractivity contribution is -0.154. The van der Waals surface area contributed by atoms with Gasteiger partial charge in [-0.15, -0.1) is 0 Å². The molecule has 0 aliphatic carbocycles. The third-order valence-corrected chi connectivity index (χ3v) is 0.749. The van der Waals surface area contributed by atoms with E-state index in [4.69, 9.17) is 10.5 Å². The second-order valence-corrected chi connectivity index (χ2v) is 3.09. The van der Waals surface area contributed by atoms with Gasteiger partial charge in [-0.05, 0) is 20.8 Å². The average Bonchev–Trinajstić information content (AvgIpc) is 1.59. The van der Waals surface area contributed by atoms with E-state index in [1.807, 2.05) is 20.8 Å². The van der Waals surface area contributed by atoms with Crippen LogP contribution in [0.15, 0.2) is 0 Å². The summed E-state index contributed by atoms with van der Waals surface area (Å²) < 4.78 is 4.92. The fraction of sp³-hybridized carbons (Fsp3) is 0.857. The molecule has 0 saturated heterocycles. The molecule has 0 rings (SSSR count). The van der Waals surface area contributed by atoms with E-state index in [1.165, 1.54) is 0 Å². The smallest absolute Gasteiger partial charge is 0.307 e. The number of rotatable bonds is 2. The van der Waals surface area contributed by atoms with Crippen molar-refractivity contribution in [3.05, 3.63) is 0 Å². The van der Waals surface area contributed by atoms with Crippen LogP contribution in [0.4, 0.5) is 0 Å². The highest BCUT2D eigenvalue weighted by molar-refractivity contribution is 5.69. The summed E-state index contributed by atoms with van der Waals surface area (Å²) >= 11 is 0. The highest BCUT2D eigenvalue weighted by atomic mass is 16.6. The zero-order chi connectivity index (χ0) is 8.20. The molecule has 0 aliphatic heterocycles. The molecule has 10 heavy (non-hydrogen) atoms. The van der Waals surface area contributed by atoms with Crippen LogP contribution >= 0.6 is 0 Å². The molecule has 3 heteroatoms. The van der Waals surface area contributed by atoms with Gasteiger partial charge in [0.2, 0.25) is 0 Å². The van der Waals surface area contributed by atoms with Gasteiger partial charge in [-0.3, -0.25) is 10.5 Å². The van der Waals surface area contributed by atoms with Crippen LogP contribution in [-0.4, -0.2) is 18.1 Å². The van der Waals surface area contributed by atoms with Crippen molar-refractivity contribution in [2.75, 3.05) is 6.54 Å². The van der Waals surface area contributed by atoms with Gasteiger partial charge in [-0.25, -0.2) is 0 Å². The van der Waals surface area contributed by atoms with Crippen molar-refractivity contribution >= 4 is 5.97 Å². The van der Waals surface area contributed by atoms with E-state index in [2.05, 4.69) is 0 Å². The number of esters is 1. The van der Waals surface area contributed by atoms with Crippen molar-refractivity contribution in [2.45, 2.75) is 32.8 Å². The van der Waals surface area contributed by atoms with Crippen molar-refractivity contribution in [3.63, 3.8) is 0 Å². The summed E-state index contributed by atoms with van der Waals surface area (Å²) in [6, 6.07) is 0. The van der Waals surface area contributed by atoms with E-state index in [0.29, 0.717) is 0 Å². The molecule has 0 heterocycles. The van der Waals surface area contributed by atoms with Gasteiger partial charge in [0.05, 0.1) is 6.42 Å². The Hall–Kier alpha value is -0.570. The molecule has 0 atom stereocenters. The van der Waals surface area contributed by atoms with Gasteiger partial charge in [0, 0.05) is 6.54 Å². The molecular formula is C7H14NO2.